The number of ketones is 1. The highest BCUT2D eigenvalue weighted by Gasteiger charge is 2.49. The monoisotopic (exact) mass is 384 g/mol. The maximum absolute atomic E-state index is 13.3. The van der Waals surface area contributed by atoms with E-state index in [1.165, 1.54) is 18.2 Å². The molecule has 2 aliphatic heterocycles. The zero-order chi connectivity index (χ0) is 19.9. The Labute approximate surface area is 160 Å². The highest BCUT2D eigenvalue weighted by molar-refractivity contribution is 6.11. The van der Waals surface area contributed by atoms with Crippen molar-refractivity contribution < 1.29 is 28.2 Å². The Morgan fingerprint density at radius 2 is 1.89 bits per heavy atom. The fourth-order valence-corrected chi connectivity index (χ4v) is 3.29. The molecule has 1 N–H and O–H groups in total. The Balaban J connectivity index is 1.59. The van der Waals surface area contributed by atoms with Gasteiger partial charge < -0.3 is 14.8 Å². The van der Waals surface area contributed by atoms with Crippen LogP contribution in [-0.4, -0.2) is 42.4 Å². The number of rotatable bonds is 4. The molecular weight excluding hydrogens is 367 g/mol. The third-order valence-electron chi connectivity index (χ3n) is 4.84. The molecule has 144 valence electrons. The standard InChI is InChI=1S/C20H17FN2O5/c1-20(13-5-6-16-17(10-13)28-8-7-27-16)18(25)23(19(26)22-20)11-15(24)12-3-2-4-14(21)9-12/h2-6,9-10H,7-8,11H2,1H3,(H,22,26)/t20-/m0/s1. The third kappa shape index (κ3) is 2.96. The molecule has 0 aromatic heterocycles. The Kier molecular flexibility index (Phi) is 4.26. The van der Waals surface area contributed by atoms with Crippen LogP contribution in [0.5, 0.6) is 11.5 Å². The summed E-state index contributed by atoms with van der Waals surface area (Å²) in [6.45, 7) is 1.91. The van der Waals surface area contributed by atoms with E-state index in [0.29, 0.717) is 30.3 Å². The van der Waals surface area contributed by atoms with Crippen molar-refractivity contribution in [2.45, 2.75) is 12.5 Å². The first-order chi connectivity index (χ1) is 13.4. The highest BCUT2D eigenvalue weighted by atomic mass is 19.1. The van der Waals surface area contributed by atoms with Gasteiger partial charge in [-0.2, -0.15) is 0 Å². The lowest BCUT2D eigenvalue weighted by Gasteiger charge is -2.25. The third-order valence-corrected chi connectivity index (χ3v) is 4.84. The van der Waals surface area contributed by atoms with E-state index in [-0.39, 0.29) is 5.56 Å². The molecule has 0 radical (unpaired) electrons. The number of benzene rings is 2. The number of hydrogen-bond acceptors (Lipinski definition) is 5. The lowest BCUT2D eigenvalue weighted by atomic mass is 9.91. The van der Waals surface area contributed by atoms with Crippen molar-refractivity contribution in [3.8, 4) is 11.5 Å². The fourth-order valence-electron chi connectivity index (χ4n) is 3.29. The van der Waals surface area contributed by atoms with Crippen LogP contribution < -0.4 is 14.8 Å². The van der Waals surface area contributed by atoms with Crippen molar-refractivity contribution in [3.63, 3.8) is 0 Å². The van der Waals surface area contributed by atoms with Gasteiger partial charge in [0.25, 0.3) is 5.91 Å². The number of urea groups is 1. The average molecular weight is 384 g/mol. The van der Waals surface area contributed by atoms with Crippen molar-refractivity contribution in [1.29, 1.82) is 0 Å². The summed E-state index contributed by atoms with van der Waals surface area (Å²) in [5.74, 6) is -0.618. The number of ether oxygens (including phenoxy) is 2. The average Bonchev–Trinajstić information content (AvgIpc) is 2.91. The number of carbonyl (C=O) groups excluding carboxylic acids is 3. The number of nitrogens with one attached hydrogen (secondary N) is 1. The molecule has 0 aliphatic carbocycles. The number of Topliss-reactive ketones (excluding diaryl/α,β-unsaturated/α-hetero) is 1. The van der Waals surface area contributed by atoms with Gasteiger partial charge in [-0.3, -0.25) is 14.5 Å². The van der Waals surface area contributed by atoms with Gasteiger partial charge in [-0.05, 0) is 36.8 Å². The van der Waals surface area contributed by atoms with Crippen molar-refractivity contribution in [2.24, 2.45) is 0 Å². The van der Waals surface area contributed by atoms with Crippen molar-refractivity contribution in [1.82, 2.24) is 10.2 Å². The molecule has 0 bridgehead atoms. The van der Waals surface area contributed by atoms with Crippen LogP contribution >= 0.6 is 0 Å². The summed E-state index contributed by atoms with van der Waals surface area (Å²) in [5.41, 5.74) is -0.751. The second kappa shape index (κ2) is 6.63. The van der Waals surface area contributed by atoms with Gasteiger partial charge in [0.1, 0.15) is 24.6 Å². The van der Waals surface area contributed by atoms with Gasteiger partial charge >= 0.3 is 6.03 Å². The second-order valence-electron chi connectivity index (χ2n) is 6.74. The minimum atomic E-state index is -1.35. The molecular formula is C20H17FN2O5. The van der Waals surface area contributed by atoms with E-state index in [1.807, 2.05) is 0 Å². The summed E-state index contributed by atoms with van der Waals surface area (Å²) in [6, 6.07) is 9.41. The number of hydrogen-bond donors (Lipinski definition) is 1. The molecule has 0 saturated carbocycles. The van der Waals surface area contributed by atoms with Gasteiger partial charge in [-0.1, -0.05) is 18.2 Å². The number of amides is 3. The SMILES string of the molecule is C[C@@]1(c2ccc3c(c2)OCCO3)NC(=O)N(CC(=O)c2cccc(F)c2)C1=O. The summed E-state index contributed by atoms with van der Waals surface area (Å²) >= 11 is 0. The lowest BCUT2D eigenvalue weighted by Crippen LogP contribution is -2.41. The fraction of sp³-hybridized carbons (Fsp3) is 0.250. The van der Waals surface area contributed by atoms with Crippen molar-refractivity contribution >= 4 is 17.7 Å². The van der Waals surface area contributed by atoms with Gasteiger partial charge in [-0.25, -0.2) is 9.18 Å². The largest absolute Gasteiger partial charge is 0.486 e. The van der Waals surface area contributed by atoms with E-state index in [1.54, 1.807) is 25.1 Å². The van der Waals surface area contributed by atoms with Gasteiger partial charge in [0, 0.05) is 5.56 Å². The molecule has 2 aliphatic rings. The summed E-state index contributed by atoms with van der Waals surface area (Å²) < 4.78 is 24.4. The van der Waals surface area contributed by atoms with Crippen molar-refractivity contribution in [3.05, 3.63) is 59.4 Å². The summed E-state index contributed by atoms with van der Waals surface area (Å²) in [6.07, 6.45) is 0. The predicted octanol–water partition coefficient (Wildman–Crippen LogP) is 2.25. The zero-order valence-electron chi connectivity index (χ0n) is 15.0. The Bertz CT molecular complexity index is 992. The van der Waals surface area contributed by atoms with Crippen LogP contribution in [0.2, 0.25) is 0 Å². The van der Waals surface area contributed by atoms with Crippen LogP contribution in [0.25, 0.3) is 0 Å². The first-order valence-electron chi connectivity index (χ1n) is 8.71. The van der Waals surface area contributed by atoms with E-state index in [0.717, 1.165) is 11.0 Å². The van der Waals surface area contributed by atoms with Crippen LogP contribution in [0, 0.1) is 5.82 Å². The molecule has 0 spiro atoms. The molecule has 7 nitrogen and oxygen atoms in total. The van der Waals surface area contributed by atoms with Crippen LogP contribution in [0.4, 0.5) is 9.18 Å². The molecule has 2 aromatic rings. The predicted molar refractivity (Wildman–Crippen MR) is 95.8 cm³/mol. The molecule has 1 atom stereocenters. The molecule has 4 rings (SSSR count). The molecule has 28 heavy (non-hydrogen) atoms. The van der Waals surface area contributed by atoms with Crippen LogP contribution in [0.15, 0.2) is 42.5 Å². The van der Waals surface area contributed by atoms with Crippen LogP contribution in [-0.2, 0) is 10.3 Å². The van der Waals surface area contributed by atoms with Gasteiger partial charge in [0.05, 0.1) is 6.54 Å². The first-order valence-corrected chi connectivity index (χ1v) is 8.71. The number of carbonyl (C=O) groups is 3. The van der Waals surface area contributed by atoms with Gasteiger partial charge in [-0.15, -0.1) is 0 Å². The minimum Gasteiger partial charge on any atom is -0.486 e. The second-order valence-corrected chi connectivity index (χ2v) is 6.74. The van der Waals surface area contributed by atoms with E-state index in [2.05, 4.69) is 5.32 Å². The molecule has 1 saturated heterocycles. The van der Waals surface area contributed by atoms with E-state index in [9.17, 15) is 18.8 Å². The zero-order valence-corrected chi connectivity index (χ0v) is 15.0. The Morgan fingerprint density at radius 3 is 2.64 bits per heavy atom. The first kappa shape index (κ1) is 18.0. The molecule has 1 fully saturated rings. The topological polar surface area (TPSA) is 84.9 Å². The number of halogens is 1. The summed E-state index contributed by atoms with van der Waals surface area (Å²) in [7, 11) is 0. The number of fused-ring (bicyclic) bond motifs is 1. The Morgan fingerprint density at radius 1 is 1.14 bits per heavy atom. The maximum Gasteiger partial charge on any atom is 0.325 e. The quantitative estimate of drug-likeness (QED) is 0.646. The Hall–Kier alpha value is -3.42. The molecule has 0 unspecified atom stereocenters. The molecule has 3 amide bonds. The molecule has 2 aromatic carbocycles. The lowest BCUT2D eigenvalue weighted by molar-refractivity contribution is -0.130. The molecule has 2 heterocycles. The summed E-state index contributed by atoms with van der Waals surface area (Å²) in [5, 5.41) is 2.64. The van der Waals surface area contributed by atoms with Crippen LogP contribution in [0.1, 0.15) is 22.8 Å². The minimum absolute atomic E-state index is 0.0912. The van der Waals surface area contributed by atoms with E-state index >= 15 is 0 Å². The van der Waals surface area contributed by atoms with Crippen molar-refractivity contribution in [2.75, 3.05) is 19.8 Å². The highest BCUT2D eigenvalue weighted by Crippen LogP contribution is 2.36. The number of imide groups is 1. The number of nitrogens with zero attached hydrogens (tertiary/aromatic N) is 1. The van der Waals surface area contributed by atoms with Gasteiger partial charge in [0.2, 0.25) is 0 Å². The molecule has 8 heteroatoms. The van der Waals surface area contributed by atoms with Gasteiger partial charge in [0.15, 0.2) is 17.3 Å². The van der Waals surface area contributed by atoms with Crippen LogP contribution in [0.3, 0.4) is 0 Å². The van der Waals surface area contributed by atoms with E-state index in [4.69, 9.17) is 9.47 Å². The van der Waals surface area contributed by atoms with E-state index < -0.39 is 35.6 Å². The summed E-state index contributed by atoms with van der Waals surface area (Å²) in [4.78, 5) is 38.6. The normalized spacial score (nSPS) is 20.9. The smallest absolute Gasteiger partial charge is 0.325 e. The maximum atomic E-state index is 13.3.